The van der Waals surface area contributed by atoms with Crippen molar-refractivity contribution in [3.63, 3.8) is 0 Å². The molecule has 3 N–H and O–H groups in total. The number of halogens is 2. The Kier molecular flexibility index (Phi) is 5.30. The summed E-state index contributed by atoms with van der Waals surface area (Å²) in [5.74, 6) is -1.55. The van der Waals surface area contributed by atoms with Gasteiger partial charge < -0.3 is 15.4 Å². The normalized spacial score (nSPS) is 35.0. The average Bonchev–Trinajstić information content (AvgIpc) is 2.72. The molecule has 2 saturated heterocycles. The highest BCUT2D eigenvalue weighted by atomic mass is 19.1. The second-order valence-corrected chi connectivity index (χ2v) is 11.6. The third-order valence-electron chi connectivity index (χ3n) is 9.29. The monoisotopic (exact) mass is 487 g/mol. The van der Waals surface area contributed by atoms with Crippen LogP contribution in [0.15, 0.2) is 12.1 Å². The molecule has 1 aromatic carbocycles. The number of ether oxygens (including phenoxy) is 1. The van der Waals surface area contributed by atoms with Crippen LogP contribution in [0.2, 0.25) is 0 Å². The van der Waals surface area contributed by atoms with Crippen molar-refractivity contribution >= 4 is 23.6 Å². The molecule has 0 spiro atoms. The predicted molar refractivity (Wildman–Crippen MR) is 122 cm³/mol. The van der Waals surface area contributed by atoms with Crippen LogP contribution < -0.4 is 16.0 Å². The fourth-order valence-corrected chi connectivity index (χ4v) is 8.34. The van der Waals surface area contributed by atoms with Crippen LogP contribution in [0.25, 0.3) is 0 Å². The van der Waals surface area contributed by atoms with Crippen LogP contribution in [0.1, 0.15) is 62.8 Å². The van der Waals surface area contributed by atoms with Crippen molar-refractivity contribution in [3.8, 4) is 0 Å². The molecule has 6 fully saturated rings. The van der Waals surface area contributed by atoms with Gasteiger partial charge in [-0.05, 0) is 74.8 Å². The number of carbonyl (C=O) groups is 3. The number of imide groups is 1. The van der Waals surface area contributed by atoms with E-state index in [1.807, 2.05) is 4.90 Å². The smallest absolute Gasteiger partial charge is 0.404 e. The Morgan fingerprint density at radius 3 is 2.14 bits per heavy atom. The van der Waals surface area contributed by atoms with E-state index in [1.165, 1.54) is 31.4 Å². The molecule has 3 amide bonds. The van der Waals surface area contributed by atoms with Crippen LogP contribution in [-0.4, -0.2) is 37.1 Å². The SMILES string of the molecule is NC(=O)OC(C1CN(c2cc(F)c(C3CCC(=O)NC3=O)c(F)c2)C1)C12CC3CC(CC(C3)C1)C2. The van der Waals surface area contributed by atoms with E-state index < -0.39 is 35.5 Å². The van der Waals surface area contributed by atoms with Gasteiger partial charge in [0.1, 0.15) is 17.7 Å². The predicted octanol–water partition coefficient (Wildman–Crippen LogP) is 3.60. The molecule has 6 aliphatic rings. The van der Waals surface area contributed by atoms with Gasteiger partial charge in [-0.15, -0.1) is 0 Å². The second kappa shape index (κ2) is 8.17. The van der Waals surface area contributed by atoms with Crippen LogP contribution in [-0.2, 0) is 14.3 Å². The summed E-state index contributed by atoms with van der Waals surface area (Å²) in [5.41, 5.74) is 5.57. The van der Waals surface area contributed by atoms with Gasteiger partial charge >= 0.3 is 6.09 Å². The molecule has 0 aromatic heterocycles. The number of primary amides is 1. The Bertz CT molecular complexity index is 1030. The number of nitrogens with two attached hydrogens (primary N) is 1. The van der Waals surface area contributed by atoms with Gasteiger partial charge in [0, 0.05) is 42.1 Å². The van der Waals surface area contributed by atoms with Crippen LogP contribution in [0.4, 0.5) is 19.3 Å². The van der Waals surface area contributed by atoms with Gasteiger partial charge in [-0.2, -0.15) is 0 Å². The Morgan fingerprint density at radius 2 is 1.63 bits per heavy atom. The summed E-state index contributed by atoms with van der Waals surface area (Å²) >= 11 is 0. The standard InChI is InChI=1S/C26H31F2N3O4/c27-19-6-17(7-20(28)22(19)18-1-2-21(32)30-24(18)33)31-11-16(12-31)23(35-25(29)34)26-8-13-3-14(9-26)5-15(4-13)10-26/h6-7,13-16,18,23H,1-5,8-12H2,(H2,29,34)(H,30,32,33). The molecule has 9 heteroatoms. The van der Waals surface area contributed by atoms with Crippen LogP contribution >= 0.6 is 0 Å². The maximum atomic E-state index is 15.0. The topological polar surface area (TPSA) is 102 Å². The highest BCUT2D eigenvalue weighted by Gasteiger charge is 2.58. The lowest BCUT2D eigenvalue weighted by Gasteiger charge is -2.61. The summed E-state index contributed by atoms with van der Waals surface area (Å²) in [6.07, 6.45) is 6.13. The molecule has 4 aliphatic carbocycles. The zero-order valence-corrected chi connectivity index (χ0v) is 19.6. The number of benzene rings is 1. The average molecular weight is 488 g/mol. The molecule has 35 heavy (non-hydrogen) atoms. The third-order valence-corrected chi connectivity index (χ3v) is 9.29. The van der Waals surface area contributed by atoms with Crippen molar-refractivity contribution in [2.24, 2.45) is 34.8 Å². The molecule has 7 rings (SSSR count). The number of nitrogens with one attached hydrogen (secondary N) is 1. The fraction of sp³-hybridized carbons (Fsp3) is 0.654. The van der Waals surface area contributed by atoms with Crippen LogP contribution in [0, 0.1) is 40.7 Å². The van der Waals surface area contributed by atoms with Gasteiger partial charge in [0.15, 0.2) is 0 Å². The molecule has 188 valence electrons. The summed E-state index contributed by atoms with van der Waals surface area (Å²) < 4.78 is 35.8. The quantitative estimate of drug-likeness (QED) is 0.618. The van der Waals surface area contributed by atoms with E-state index in [0.717, 1.165) is 19.3 Å². The van der Waals surface area contributed by atoms with Crippen molar-refractivity contribution in [1.29, 1.82) is 0 Å². The molecule has 2 atom stereocenters. The maximum absolute atomic E-state index is 15.0. The lowest BCUT2D eigenvalue weighted by molar-refractivity contribution is -0.141. The molecular weight excluding hydrogens is 456 g/mol. The van der Waals surface area contributed by atoms with Crippen LogP contribution in [0.5, 0.6) is 0 Å². The minimum Gasteiger partial charge on any atom is -0.445 e. The first kappa shape index (κ1) is 22.7. The maximum Gasteiger partial charge on any atom is 0.404 e. The highest BCUT2D eigenvalue weighted by Crippen LogP contribution is 2.63. The van der Waals surface area contributed by atoms with Crippen molar-refractivity contribution < 1.29 is 27.9 Å². The number of anilines is 1. The first-order chi connectivity index (χ1) is 16.7. The van der Waals surface area contributed by atoms with E-state index in [2.05, 4.69) is 5.32 Å². The number of piperidine rings is 1. The molecule has 2 aliphatic heterocycles. The van der Waals surface area contributed by atoms with E-state index in [0.29, 0.717) is 36.5 Å². The van der Waals surface area contributed by atoms with E-state index in [9.17, 15) is 14.4 Å². The summed E-state index contributed by atoms with van der Waals surface area (Å²) in [5, 5.41) is 2.16. The first-order valence-electron chi connectivity index (χ1n) is 12.7. The molecule has 4 bridgehead atoms. The molecule has 4 saturated carbocycles. The van der Waals surface area contributed by atoms with Crippen molar-refractivity contribution in [3.05, 3.63) is 29.3 Å². The largest absolute Gasteiger partial charge is 0.445 e. The van der Waals surface area contributed by atoms with Gasteiger partial charge in [0.25, 0.3) is 0 Å². The lowest BCUT2D eigenvalue weighted by atomic mass is 9.47. The first-order valence-corrected chi connectivity index (χ1v) is 12.7. The molecule has 2 unspecified atom stereocenters. The Labute approximate surface area is 202 Å². The third kappa shape index (κ3) is 3.87. The molecule has 7 nitrogen and oxygen atoms in total. The summed E-state index contributed by atoms with van der Waals surface area (Å²) in [7, 11) is 0. The fourth-order valence-electron chi connectivity index (χ4n) is 8.34. The van der Waals surface area contributed by atoms with Gasteiger partial charge in [-0.25, -0.2) is 13.6 Å². The number of amides is 3. The molecule has 0 radical (unpaired) electrons. The Balaban J connectivity index is 1.19. The lowest BCUT2D eigenvalue weighted by Crippen LogP contribution is -2.62. The minimum atomic E-state index is -1.02. The molecule has 1 aromatic rings. The molecular formula is C26H31F2N3O4. The summed E-state index contributed by atoms with van der Waals surface area (Å²) in [6.45, 7) is 1.05. The van der Waals surface area contributed by atoms with E-state index >= 15 is 8.78 Å². The van der Waals surface area contributed by atoms with Crippen molar-refractivity contribution in [2.75, 3.05) is 18.0 Å². The van der Waals surface area contributed by atoms with Crippen molar-refractivity contribution in [2.45, 2.75) is 63.4 Å². The van der Waals surface area contributed by atoms with E-state index in [4.69, 9.17) is 10.5 Å². The Hall–Kier alpha value is -2.71. The number of hydrogen-bond acceptors (Lipinski definition) is 5. The van der Waals surface area contributed by atoms with Crippen LogP contribution in [0.3, 0.4) is 0 Å². The molecule has 2 heterocycles. The van der Waals surface area contributed by atoms with Gasteiger partial charge in [0.2, 0.25) is 11.8 Å². The number of carbonyl (C=O) groups excluding carboxylic acids is 3. The minimum absolute atomic E-state index is 0.0350. The number of rotatable bonds is 5. The number of hydrogen-bond donors (Lipinski definition) is 2. The van der Waals surface area contributed by atoms with Gasteiger partial charge in [-0.1, -0.05) is 0 Å². The zero-order valence-electron chi connectivity index (χ0n) is 19.6. The second-order valence-electron chi connectivity index (χ2n) is 11.6. The van der Waals surface area contributed by atoms with Gasteiger partial charge in [0.05, 0.1) is 5.92 Å². The summed E-state index contributed by atoms with van der Waals surface area (Å²) in [4.78, 5) is 37.3. The summed E-state index contributed by atoms with van der Waals surface area (Å²) in [6, 6.07) is 2.51. The van der Waals surface area contributed by atoms with E-state index in [1.54, 1.807) is 0 Å². The highest BCUT2D eigenvalue weighted by molar-refractivity contribution is 6.01. The number of nitrogens with zero attached hydrogens (tertiary/aromatic N) is 1. The zero-order chi connectivity index (χ0) is 24.5. The Morgan fingerprint density at radius 1 is 1.06 bits per heavy atom. The van der Waals surface area contributed by atoms with Gasteiger partial charge in [-0.3, -0.25) is 14.9 Å². The van der Waals surface area contributed by atoms with Crippen molar-refractivity contribution in [1.82, 2.24) is 5.32 Å². The van der Waals surface area contributed by atoms with E-state index in [-0.39, 0.29) is 35.8 Å².